The topological polar surface area (TPSA) is 46.6 Å². The fourth-order valence-electron chi connectivity index (χ4n) is 2.62. The van der Waals surface area contributed by atoms with E-state index in [1.807, 2.05) is 18.2 Å². The van der Waals surface area contributed by atoms with Gasteiger partial charge in [0.1, 0.15) is 6.04 Å². The maximum Gasteiger partial charge on any atom is 0.329 e. The second-order valence-corrected chi connectivity index (χ2v) is 7.23. The van der Waals surface area contributed by atoms with E-state index in [1.165, 1.54) is 0 Å². The van der Waals surface area contributed by atoms with Crippen molar-refractivity contribution >= 4 is 23.6 Å². The maximum atomic E-state index is 12.9. The van der Waals surface area contributed by atoms with E-state index in [0.29, 0.717) is 17.9 Å². The predicted molar refractivity (Wildman–Crippen MR) is 93.4 cm³/mol. The smallest absolute Gasteiger partial charge is 0.329 e. The minimum absolute atomic E-state index is 0.00595. The van der Waals surface area contributed by atoms with Crippen LogP contribution in [0.5, 0.6) is 0 Å². The summed E-state index contributed by atoms with van der Waals surface area (Å²) >= 11 is 1.66. The van der Waals surface area contributed by atoms with E-state index in [0.717, 1.165) is 12.8 Å². The Balaban J connectivity index is 2.18. The van der Waals surface area contributed by atoms with Crippen LogP contribution in [-0.2, 0) is 9.53 Å². The number of nitrogens with zero attached hydrogens (tertiary/aromatic N) is 1. The van der Waals surface area contributed by atoms with Gasteiger partial charge in [-0.25, -0.2) is 4.79 Å². The quantitative estimate of drug-likeness (QED) is 0.589. The molecule has 0 spiro atoms. The number of carbonyl (C=O) groups is 2. The lowest BCUT2D eigenvalue weighted by molar-refractivity contribution is -0.148. The third-order valence-electron chi connectivity index (χ3n) is 3.87. The van der Waals surface area contributed by atoms with Gasteiger partial charge in [-0.05, 0) is 24.5 Å². The molecule has 2 rings (SSSR count). The van der Waals surface area contributed by atoms with E-state index >= 15 is 0 Å². The largest absolute Gasteiger partial charge is 0.464 e. The molecule has 4 nitrogen and oxygen atoms in total. The Morgan fingerprint density at radius 3 is 2.61 bits per heavy atom. The molecule has 1 fully saturated rings. The molecule has 0 saturated carbocycles. The molecule has 1 heterocycles. The summed E-state index contributed by atoms with van der Waals surface area (Å²) in [6.45, 7) is 6.64. The molecule has 0 bridgehead atoms. The summed E-state index contributed by atoms with van der Waals surface area (Å²) in [5, 5.41) is 0.00595. The van der Waals surface area contributed by atoms with Crippen LogP contribution in [0.15, 0.2) is 30.3 Å². The van der Waals surface area contributed by atoms with Crippen LogP contribution in [0.4, 0.5) is 0 Å². The van der Waals surface area contributed by atoms with Crippen molar-refractivity contribution in [1.82, 2.24) is 4.90 Å². The molecule has 0 N–H and O–H groups in total. The highest BCUT2D eigenvalue weighted by Crippen LogP contribution is 2.35. The van der Waals surface area contributed by atoms with Crippen LogP contribution < -0.4 is 0 Å². The van der Waals surface area contributed by atoms with Crippen molar-refractivity contribution in [2.24, 2.45) is 5.92 Å². The van der Waals surface area contributed by atoms with Gasteiger partial charge in [0.25, 0.3) is 5.91 Å². The molecule has 1 saturated heterocycles. The van der Waals surface area contributed by atoms with E-state index < -0.39 is 6.04 Å². The third kappa shape index (κ3) is 4.28. The fraction of sp³-hybridized carbons (Fsp3) is 0.556. The second-order valence-electron chi connectivity index (χ2n) is 6.08. The molecule has 23 heavy (non-hydrogen) atoms. The van der Waals surface area contributed by atoms with Crippen molar-refractivity contribution in [3.63, 3.8) is 0 Å². The molecule has 0 unspecified atom stereocenters. The Labute approximate surface area is 142 Å². The molecular weight excluding hydrogens is 310 g/mol. The van der Waals surface area contributed by atoms with Crippen LogP contribution in [0.2, 0.25) is 0 Å². The van der Waals surface area contributed by atoms with Gasteiger partial charge in [0.05, 0.1) is 12.0 Å². The van der Waals surface area contributed by atoms with Crippen molar-refractivity contribution in [1.29, 1.82) is 0 Å². The van der Waals surface area contributed by atoms with Gasteiger partial charge < -0.3 is 9.64 Å². The summed E-state index contributed by atoms with van der Waals surface area (Å²) < 4.78 is 5.36. The number of amides is 1. The molecule has 2 atom stereocenters. The lowest BCUT2D eigenvalue weighted by Crippen LogP contribution is -2.47. The van der Waals surface area contributed by atoms with Gasteiger partial charge in [0.15, 0.2) is 0 Å². The van der Waals surface area contributed by atoms with Crippen molar-refractivity contribution < 1.29 is 14.3 Å². The molecule has 0 radical (unpaired) electrons. The van der Waals surface area contributed by atoms with E-state index in [9.17, 15) is 9.59 Å². The maximum absolute atomic E-state index is 12.9. The average Bonchev–Trinajstić information content (AvgIpc) is 3.00. The average molecular weight is 335 g/mol. The highest BCUT2D eigenvalue weighted by Gasteiger charge is 2.43. The third-order valence-corrected chi connectivity index (χ3v) is 5.50. The molecule has 1 amide bonds. The first-order valence-electron chi connectivity index (χ1n) is 8.22. The molecule has 1 aromatic rings. The molecule has 0 aliphatic carbocycles. The SMILES string of the molecule is CCCCOC(=O)[C@@H]1CS[C@H](C(C)C)N1C(=O)c1ccccc1. The van der Waals surface area contributed by atoms with Crippen LogP contribution in [0.3, 0.4) is 0 Å². The number of thioether (sulfide) groups is 1. The van der Waals surface area contributed by atoms with Crippen molar-refractivity contribution in [3.8, 4) is 0 Å². The second kappa shape index (κ2) is 8.39. The Hall–Kier alpha value is -1.49. The minimum atomic E-state index is -0.489. The van der Waals surface area contributed by atoms with E-state index in [2.05, 4.69) is 20.8 Å². The first-order chi connectivity index (χ1) is 11.1. The minimum Gasteiger partial charge on any atom is -0.464 e. The fourth-order valence-corrected chi connectivity index (χ4v) is 4.09. The first-order valence-corrected chi connectivity index (χ1v) is 9.27. The number of rotatable bonds is 6. The van der Waals surface area contributed by atoms with Crippen molar-refractivity contribution in [2.45, 2.75) is 45.0 Å². The van der Waals surface area contributed by atoms with E-state index in [-0.39, 0.29) is 23.2 Å². The van der Waals surface area contributed by atoms with Crippen molar-refractivity contribution in [2.75, 3.05) is 12.4 Å². The summed E-state index contributed by atoms with van der Waals surface area (Å²) in [4.78, 5) is 27.0. The Kier molecular flexibility index (Phi) is 6.51. The van der Waals surface area contributed by atoms with Gasteiger partial charge in [-0.15, -0.1) is 11.8 Å². The van der Waals surface area contributed by atoms with Gasteiger partial charge in [-0.2, -0.15) is 0 Å². The molecule has 1 aliphatic heterocycles. The van der Waals surface area contributed by atoms with Gasteiger partial charge in [-0.3, -0.25) is 4.79 Å². The molecule has 1 aliphatic rings. The molecule has 5 heteroatoms. The van der Waals surface area contributed by atoms with Crippen LogP contribution in [0.25, 0.3) is 0 Å². The summed E-state index contributed by atoms with van der Waals surface area (Å²) in [6.07, 6.45) is 1.83. The lowest BCUT2D eigenvalue weighted by Gasteiger charge is -2.30. The van der Waals surface area contributed by atoms with Gasteiger partial charge in [0.2, 0.25) is 0 Å². The summed E-state index contributed by atoms with van der Waals surface area (Å²) in [6, 6.07) is 8.66. The number of benzene rings is 1. The number of esters is 1. The zero-order valence-electron chi connectivity index (χ0n) is 14.0. The molecular formula is C18H25NO3S. The van der Waals surface area contributed by atoms with E-state index in [1.54, 1.807) is 28.8 Å². The Morgan fingerprint density at radius 1 is 1.30 bits per heavy atom. The zero-order valence-corrected chi connectivity index (χ0v) is 14.8. The summed E-state index contributed by atoms with van der Waals surface area (Å²) in [5.41, 5.74) is 0.618. The monoisotopic (exact) mass is 335 g/mol. The zero-order chi connectivity index (χ0) is 16.8. The van der Waals surface area contributed by atoms with Crippen molar-refractivity contribution in [3.05, 3.63) is 35.9 Å². The molecule has 0 aromatic heterocycles. The molecule has 126 valence electrons. The number of hydrogen-bond donors (Lipinski definition) is 0. The summed E-state index contributed by atoms with van der Waals surface area (Å²) in [5.74, 6) is 0.512. The number of hydrogen-bond acceptors (Lipinski definition) is 4. The number of carbonyl (C=O) groups excluding carboxylic acids is 2. The van der Waals surface area contributed by atoms with Gasteiger partial charge in [0, 0.05) is 11.3 Å². The normalized spacial score (nSPS) is 20.8. The van der Waals surface area contributed by atoms with Crippen LogP contribution in [0, 0.1) is 5.92 Å². The van der Waals surface area contributed by atoms with Crippen LogP contribution in [-0.4, -0.2) is 40.6 Å². The van der Waals surface area contributed by atoms with Gasteiger partial charge in [-0.1, -0.05) is 45.4 Å². The summed E-state index contributed by atoms with van der Waals surface area (Å²) in [7, 11) is 0. The number of unbranched alkanes of at least 4 members (excludes halogenated alkanes) is 1. The predicted octanol–water partition coefficient (Wildman–Crippen LogP) is 3.57. The molecule has 1 aromatic carbocycles. The van der Waals surface area contributed by atoms with Crippen LogP contribution in [0.1, 0.15) is 44.0 Å². The standard InChI is InChI=1S/C18H25NO3S/c1-4-5-11-22-18(21)15-12-23-17(13(2)3)19(15)16(20)14-9-7-6-8-10-14/h6-10,13,15,17H,4-5,11-12H2,1-3H3/t15-,17+/m0/s1. The number of ether oxygens (including phenoxy) is 1. The highest BCUT2D eigenvalue weighted by molar-refractivity contribution is 8.00. The highest BCUT2D eigenvalue weighted by atomic mass is 32.2. The van der Waals surface area contributed by atoms with E-state index in [4.69, 9.17) is 4.74 Å². The Morgan fingerprint density at radius 2 is 2.00 bits per heavy atom. The lowest BCUT2D eigenvalue weighted by atomic mass is 10.1. The Bertz CT molecular complexity index is 532. The van der Waals surface area contributed by atoms with Crippen LogP contribution >= 0.6 is 11.8 Å². The first kappa shape index (κ1) is 17.9. The van der Waals surface area contributed by atoms with Gasteiger partial charge >= 0.3 is 5.97 Å².